The van der Waals surface area contributed by atoms with Crippen molar-refractivity contribution in [1.29, 1.82) is 0 Å². The van der Waals surface area contributed by atoms with E-state index >= 15 is 0 Å². The average Bonchev–Trinajstić information content (AvgIpc) is 2.50. The molecule has 0 aliphatic carbocycles. The minimum Gasteiger partial charge on any atom is -0.462 e. The fourth-order valence-electron chi connectivity index (χ4n) is 1.89. The zero-order valence-electron chi connectivity index (χ0n) is 9.42. The Morgan fingerprint density at radius 1 is 1.36 bits per heavy atom. The summed E-state index contributed by atoms with van der Waals surface area (Å²) in [5, 5.41) is 0. The molecule has 0 saturated carbocycles. The lowest BCUT2D eigenvalue weighted by Crippen LogP contribution is -2.06. The van der Waals surface area contributed by atoms with Gasteiger partial charge in [-0.3, -0.25) is 4.79 Å². The van der Waals surface area contributed by atoms with Crippen LogP contribution in [0, 0.1) is 5.92 Å². The highest BCUT2D eigenvalue weighted by Crippen LogP contribution is 2.20. The summed E-state index contributed by atoms with van der Waals surface area (Å²) in [4.78, 5) is 10.8. The number of hydrogen-bond donors (Lipinski definition) is 0. The van der Waals surface area contributed by atoms with E-state index in [9.17, 15) is 4.79 Å². The highest BCUT2D eigenvalue weighted by Gasteiger charge is 2.22. The number of esters is 1. The molecule has 0 radical (unpaired) electrons. The van der Waals surface area contributed by atoms with Crippen molar-refractivity contribution in [2.45, 2.75) is 64.9 Å². The molecule has 0 N–H and O–H groups in total. The zero-order valence-corrected chi connectivity index (χ0v) is 9.42. The van der Waals surface area contributed by atoms with Crippen molar-refractivity contribution in [3.8, 4) is 0 Å². The van der Waals surface area contributed by atoms with Gasteiger partial charge in [0.15, 0.2) is 0 Å². The maximum absolute atomic E-state index is 10.8. The van der Waals surface area contributed by atoms with Crippen LogP contribution in [0.25, 0.3) is 0 Å². The quantitative estimate of drug-likeness (QED) is 0.483. The van der Waals surface area contributed by atoms with Gasteiger partial charge in [0, 0.05) is 6.42 Å². The minimum atomic E-state index is -0.00261. The number of carbonyl (C=O) groups is 1. The molecule has 2 heteroatoms. The maximum atomic E-state index is 10.8. The van der Waals surface area contributed by atoms with Crippen LogP contribution in [0.1, 0.15) is 58.8 Å². The number of unbranched alkanes of at least 4 members (excludes halogenated alkanes) is 2. The largest absolute Gasteiger partial charge is 0.462 e. The summed E-state index contributed by atoms with van der Waals surface area (Å²) in [6, 6.07) is 0. The van der Waals surface area contributed by atoms with E-state index in [1.54, 1.807) is 0 Å². The Labute approximate surface area is 87.0 Å². The summed E-state index contributed by atoms with van der Waals surface area (Å²) < 4.78 is 5.15. The smallest absolute Gasteiger partial charge is 0.306 e. The molecule has 1 aliphatic heterocycles. The molecule has 0 aromatic carbocycles. The van der Waals surface area contributed by atoms with Crippen molar-refractivity contribution in [2.24, 2.45) is 5.92 Å². The van der Waals surface area contributed by atoms with E-state index in [2.05, 4.69) is 13.8 Å². The first kappa shape index (κ1) is 11.5. The number of ether oxygens (including phenoxy) is 1. The van der Waals surface area contributed by atoms with Gasteiger partial charge in [0.05, 0.1) is 0 Å². The van der Waals surface area contributed by atoms with Gasteiger partial charge >= 0.3 is 5.97 Å². The molecule has 1 saturated heterocycles. The third-order valence-corrected chi connectivity index (χ3v) is 2.78. The number of hydrogen-bond acceptors (Lipinski definition) is 2. The van der Waals surface area contributed by atoms with Crippen LogP contribution in [-0.2, 0) is 9.53 Å². The summed E-state index contributed by atoms with van der Waals surface area (Å²) in [5.74, 6) is 0.816. The molecular weight excluding hydrogens is 176 g/mol. The second kappa shape index (κ2) is 6.05. The van der Waals surface area contributed by atoms with E-state index in [-0.39, 0.29) is 12.1 Å². The lowest BCUT2D eigenvalue weighted by Gasteiger charge is -2.08. The summed E-state index contributed by atoms with van der Waals surface area (Å²) in [5.41, 5.74) is 0. The molecule has 1 fully saturated rings. The molecule has 0 amide bonds. The Morgan fingerprint density at radius 2 is 2.14 bits per heavy atom. The first-order chi connectivity index (χ1) is 6.68. The van der Waals surface area contributed by atoms with Crippen LogP contribution >= 0.6 is 0 Å². The molecule has 0 unspecified atom stereocenters. The van der Waals surface area contributed by atoms with E-state index in [1.165, 1.54) is 25.7 Å². The first-order valence-corrected chi connectivity index (χ1v) is 5.88. The van der Waals surface area contributed by atoms with Crippen molar-refractivity contribution in [2.75, 3.05) is 0 Å². The van der Waals surface area contributed by atoms with Crippen molar-refractivity contribution in [3.05, 3.63) is 0 Å². The monoisotopic (exact) mass is 198 g/mol. The molecule has 1 rings (SSSR count). The van der Waals surface area contributed by atoms with E-state index in [0.29, 0.717) is 6.42 Å². The van der Waals surface area contributed by atoms with Gasteiger partial charge in [-0.15, -0.1) is 0 Å². The molecular formula is C12H22O2. The molecule has 0 aromatic heterocycles. The fraction of sp³-hybridized carbons (Fsp3) is 0.917. The Bertz CT molecular complexity index is 175. The molecule has 1 atom stereocenters. The molecule has 1 heterocycles. The van der Waals surface area contributed by atoms with E-state index in [0.717, 1.165) is 18.8 Å². The van der Waals surface area contributed by atoms with Gasteiger partial charge in [-0.25, -0.2) is 0 Å². The van der Waals surface area contributed by atoms with Gasteiger partial charge in [-0.2, -0.15) is 0 Å². The van der Waals surface area contributed by atoms with Gasteiger partial charge in [-0.1, -0.05) is 33.1 Å². The van der Waals surface area contributed by atoms with Crippen LogP contribution in [0.3, 0.4) is 0 Å². The van der Waals surface area contributed by atoms with Crippen molar-refractivity contribution < 1.29 is 9.53 Å². The second-order valence-electron chi connectivity index (χ2n) is 4.68. The van der Waals surface area contributed by atoms with E-state index in [1.807, 2.05) is 0 Å². The number of cyclic esters (lactones) is 1. The second-order valence-corrected chi connectivity index (χ2v) is 4.68. The summed E-state index contributed by atoms with van der Waals surface area (Å²) >= 11 is 0. The lowest BCUT2D eigenvalue weighted by atomic mass is 10.0. The third-order valence-electron chi connectivity index (χ3n) is 2.78. The lowest BCUT2D eigenvalue weighted by molar-refractivity contribution is -0.141. The number of carbonyl (C=O) groups excluding carboxylic acids is 1. The van der Waals surface area contributed by atoms with E-state index in [4.69, 9.17) is 4.74 Å². The van der Waals surface area contributed by atoms with Crippen LogP contribution in [0.4, 0.5) is 0 Å². The predicted octanol–water partition coefficient (Wildman–Crippen LogP) is 3.30. The van der Waals surface area contributed by atoms with Gasteiger partial charge in [-0.05, 0) is 25.2 Å². The summed E-state index contributed by atoms with van der Waals surface area (Å²) in [6.07, 6.45) is 8.03. The zero-order chi connectivity index (χ0) is 10.4. The predicted molar refractivity (Wildman–Crippen MR) is 57.0 cm³/mol. The molecule has 0 spiro atoms. The third kappa shape index (κ3) is 4.64. The molecule has 1 aliphatic rings. The van der Waals surface area contributed by atoms with Crippen LogP contribution in [0.5, 0.6) is 0 Å². The molecule has 0 aromatic rings. The summed E-state index contributed by atoms with van der Waals surface area (Å²) in [6.45, 7) is 4.53. The average molecular weight is 198 g/mol. The van der Waals surface area contributed by atoms with Gasteiger partial charge in [0.2, 0.25) is 0 Å². The normalized spacial score (nSPS) is 21.6. The fourth-order valence-corrected chi connectivity index (χ4v) is 1.89. The highest BCUT2D eigenvalue weighted by molar-refractivity contribution is 5.71. The Hall–Kier alpha value is -0.530. The van der Waals surface area contributed by atoms with Crippen LogP contribution < -0.4 is 0 Å². The maximum Gasteiger partial charge on any atom is 0.306 e. The Kier molecular flexibility index (Phi) is 4.99. The number of rotatable bonds is 6. The van der Waals surface area contributed by atoms with Gasteiger partial charge < -0.3 is 4.74 Å². The van der Waals surface area contributed by atoms with Crippen LogP contribution in [0.15, 0.2) is 0 Å². The van der Waals surface area contributed by atoms with Gasteiger partial charge in [0.25, 0.3) is 0 Å². The minimum absolute atomic E-state index is 0.00261. The van der Waals surface area contributed by atoms with E-state index < -0.39 is 0 Å². The Balaban J connectivity index is 1.91. The molecule has 82 valence electrons. The topological polar surface area (TPSA) is 26.3 Å². The van der Waals surface area contributed by atoms with Crippen LogP contribution in [-0.4, -0.2) is 12.1 Å². The molecule has 14 heavy (non-hydrogen) atoms. The first-order valence-electron chi connectivity index (χ1n) is 5.88. The Morgan fingerprint density at radius 3 is 2.71 bits per heavy atom. The molecule has 0 bridgehead atoms. The van der Waals surface area contributed by atoms with Crippen molar-refractivity contribution in [1.82, 2.24) is 0 Å². The van der Waals surface area contributed by atoms with Crippen molar-refractivity contribution in [3.63, 3.8) is 0 Å². The van der Waals surface area contributed by atoms with Gasteiger partial charge in [0.1, 0.15) is 6.10 Å². The van der Waals surface area contributed by atoms with Crippen molar-refractivity contribution >= 4 is 5.97 Å². The highest BCUT2D eigenvalue weighted by atomic mass is 16.5. The molecule has 2 nitrogen and oxygen atoms in total. The summed E-state index contributed by atoms with van der Waals surface area (Å²) in [7, 11) is 0. The standard InChI is InChI=1S/C12H22O2/c1-10(2)6-4-3-5-7-11-8-9-12(13)14-11/h10-11H,3-9H2,1-2H3/t11-/m0/s1. The van der Waals surface area contributed by atoms with Crippen LogP contribution in [0.2, 0.25) is 0 Å². The SMILES string of the molecule is CC(C)CCCCC[C@H]1CCC(=O)O1.